The number of benzene rings is 1. The lowest BCUT2D eigenvalue weighted by molar-refractivity contribution is 0.0150. The van der Waals surface area contributed by atoms with E-state index in [0.717, 1.165) is 19.4 Å². The molecule has 0 aromatic heterocycles. The van der Waals surface area contributed by atoms with Gasteiger partial charge in [0.05, 0.1) is 13.2 Å². The highest BCUT2D eigenvalue weighted by atomic mass is 16.5. The molecule has 0 saturated heterocycles. The van der Waals surface area contributed by atoms with E-state index in [9.17, 15) is 4.79 Å². The number of rotatable bonds is 9. The molecule has 3 heteroatoms. The van der Waals surface area contributed by atoms with Gasteiger partial charge in [0.2, 0.25) is 0 Å². The van der Waals surface area contributed by atoms with E-state index < -0.39 is 6.10 Å². The number of aryl methyl sites for hydroxylation is 1. The monoisotopic (exact) mass is 264 g/mol. The molecule has 0 N–H and O–H groups in total. The lowest BCUT2D eigenvalue weighted by Gasteiger charge is -2.12. The Kier molecular flexibility index (Phi) is 7.38. The average molecular weight is 264 g/mol. The highest BCUT2D eigenvalue weighted by Gasteiger charge is 2.15. The van der Waals surface area contributed by atoms with Crippen LogP contribution in [0.5, 0.6) is 0 Å². The summed E-state index contributed by atoms with van der Waals surface area (Å²) in [5.74, 6) is 0.0261. The molecular weight excluding hydrogens is 240 g/mol. The van der Waals surface area contributed by atoms with Gasteiger partial charge in [0.15, 0.2) is 5.78 Å². The lowest BCUT2D eigenvalue weighted by Crippen LogP contribution is -2.23. The van der Waals surface area contributed by atoms with E-state index in [1.54, 1.807) is 6.92 Å². The minimum absolute atomic E-state index is 0.0261. The molecule has 0 saturated carbocycles. The second-order valence-electron chi connectivity index (χ2n) is 4.54. The van der Waals surface area contributed by atoms with Gasteiger partial charge in [0.1, 0.15) is 6.10 Å². The minimum atomic E-state index is -0.419. The highest BCUT2D eigenvalue weighted by molar-refractivity contribution is 5.99. The van der Waals surface area contributed by atoms with Gasteiger partial charge in [0.25, 0.3) is 0 Å². The molecule has 1 aromatic carbocycles. The van der Waals surface area contributed by atoms with Gasteiger partial charge < -0.3 is 9.47 Å². The van der Waals surface area contributed by atoms with Gasteiger partial charge in [0, 0.05) is 12.2 Å². The van der Waals surface area contributed by atoms with Gasteiger partial charge in [-0.15, -0.1) is 0 Å². The summed E-state index contributed by atoms with van der Waals surface area (Å²) in [6, 6.07) is 7.72. The number of hydrogen-bond acceptors (Lipinski definition) is 3. The molecule has 3 nitrogen and oxygen atoms in total. The normalized spacial score (nSPS) is 12.4. The van der Waals surface area contributed by atoms with Gasteiger partial charge in [-0.3, -0.25) is 4.79 Å². The summed E-state index contributed by atoms with van der Waals surface area (Å²) in [4.78, 5) is 12.1. The first kappa shape index (κ1) is 15.9. The van der Waals surface area contributed by atoms with Crippen LogP contribution in [0.3, 0.4) is 0 Å². The molecule has 0 amide bonds. The quantitative estimate of drug-likeness (QED) is 0.507. The molecule has 0 aliphatic heterocycles. The third-order valence-corrected chi connectivity index (χ3v) is 2.96. The fraction of sp³-hybridized carbons (Fsp3) is 0.562. The van der Waals surface area contributed by atoms with Crippen molar-refractivity contribution >= 4 is 5.78 Å². The maximum absolute atomic E-state index is 12.1. The fourth-order valence-electron chi connectivity index (χ4n) is 1.75. The van der Waals surface area contributed by atoms with Crippen LogP contribution in [0.1, 0.15) is 43.1 Å². The van der Waals surface area contributed by atoms with Gasteiger partial charge in [-0.1, -0.05) is 38.1 Å². The second kappa shape index (κ2) is 8.83. The molecule has 0 aliphatic carbocycles. The number of ketones is 1. The van der Waals surface area contributed by atoms with Crippen molar-refractivity contribution in [1.29, 1.82) is 0 Å². The SMILES string of the molecule is CCCOCCOC(C)C(=O)c1ccc(CC)cc1. The Morgan fingerprint density at radius 3 is 2.37 bits per heavy atom. The van der Waals surface area contributed by atoms with Crippen LogP contribution in [0, 0.1) is 0 Å². The Labute approximate surface area is 115 Å². The van der Waals surface area contributed by atoms with Crippen LogP contribution < -0.4 is 0 Å². The molecule has 0 aliphatic rings. The topological polar surface area (TPSA) is 35.5 Å². The summed E-state index contributed by atoms with van der Waals surface area (Å²) < 4.78 is 10.8. The zero-order chi connectivity index (χ0) is 14.1. The molecule has 19 heavy (non-hydrogen) atoms. The van der Waals surface area contributed by atoms with Crippen molar-refractivity contribution in [2.24, 2.45) is 0 Å². The van der Waals surface area contributed by atoms with Crippen molar-refractivity contribution in [3.05, 3.63) is 35.4 Å². The van der Waals surface area contributed by atoms with E-state index in [1.807, 2.05) is 24.3 Å². The molecular formula is C16H24O3. The minimum Gasteiger partial charge on any atom is -0.379 e. The van der Waals surface area contributed by atoms with Crippen molar-refractivity contribution in [2.45, 2.75) is 39.7 Å². The lowest BCUT2D eigenvalue weighted by atomic mass is 10.0. The summed E-state index contributed by atoms with van der Waals surface area (Å²) in [5, 5.41) is 0. The zero-order valence-electron chi connectivity index (χ0n) is 12.1. The molecule has 0 fully saturated rings. The van der Waals surface area contributed by atoms with E-state index in [2.05, 4.69) is 13.8 Å². The van der Waals surface area contributed by atoms with E-state index in [0.29, 0.717) is 18.8 Å². The Bertz CT molecular complexity index is 370. The average Bonchev–Trinajstić information content (AvgIpc) is 2.46. The summed E-state index contributed by atoms with van der Waals surface area (Å²) in [6.45, 7) is 7.69. The number of carbonyl (C=O) groups excluding carboxylic acids is 1. The first-order valence-electron chi connectivity index (χ1n) is 7.01. The van der Waals surface area contributed by atoms with Crippen LogP contribution >= 0.6 is 0 Å². The molecule has 1 aromatic rings. The van der Waals surface area contributed by atoms with Gasteiger partial charge >= 0.3 is 0 Å². The molecule has 1 unspecified atom stereocenters. The van der Waals surface area contributed by atoms with Crippen LogP contribution in [0.2, 0.25) is 0 Å². The molecule has 0 spiro atoms. The van der Waals surface area contributed by atoms with E-state index in [-0.39, 0.29) is 5.78 Å². The molecule has 1 rings (SSSR count). The van der Waals surface area contributed by atoms with Crippen molar-refractivity contribution in [1.82, 2.24) is 0 Å². The highest BCUT2D eigenvalue weighted by Crippen LogP contribution is 2.09. The zero-order valence-corrected chi connectivity index (χ0v) is 12.1. The first-order valence-corrected chi connectivity index (χ1v) is 7.01. The van der Waals surface area contributed by atoms with Gasteiger partial charge in [-0.25, -0.2) is 0 Å². The molecule has 0 radical (unpaired) electrons. The summed E-state index contributed by atoms with van der Waals surface area (Å²) in [6.07, 6.45) is 1.56. The van der Waals surface area contributed by atoms with Gasteiger partial charge in [-0.2, -0.15) is 0 Å². The van der Waals surface area contributed by atoms with Crippen molar-refractivity contribution in [2.75, 3.05) is 19.8 Å². The van der Waals surface area contributed by atoms with Crippen molar-refractivity contribution in [3.8, 4) is 0 Å². The van der Waals surface area contributed by atoms with Crippen molar-refractivity contribution < 1.29 is 14.3 Å². The smallest absolute Gasteiger partial charge is 0.191 e. The van der Waals surface area contributed by atoms with Crippen LogP contribution in [0.15, 0.2) is 24.3 Å². The van der Waals surface area contributed by atoms with Crippen LogP contribution in [-0.2, 0) is 15.9 Å². The summed E-state index contributed by atoms with van der Waals surface area (Å²) in [7, 11) is 0. The maximum Gasteiger partial charge on any atom is 0.191 e. The molecule has 0 heterocycles. The third kappa shape index (κ3) is 5.53. The number of ether oxygens (including phenoxy) is 2. The predicted molar refractivity (Wildman–Crippen MR) is 76.7 cm³/mol. The van der Waals surface area contributed by atoms with E-state index in [1.165, 1.54) is 5.56 Å². The molecule has 1 atom stereocenters. The number of carbonyl (C=O) groups is 1. The number of Topliss-reactive ketones (excluding diaryl/α,β-unsaturated/α-hetero) is 1. The summed E-state index contributed by atoms with van der Waals surface area (Å²) >= 11 is 0. The first-order chi connectivity index (χ1) is 9.19. The van der Waals surface area contributed by atoms with Gasteiger partial charge in [-0.05, 0) is 25.3 Å². The van der Waals surface area contributed by atoms with Crippen molar-refractivity contribution in [3.63, 3.8) is 0 Å². The van der Waals surface area contributed by atoms with Crippen LogP contribution in [-0.4, -0.2) is 31.7 Å². The fourth-order valence-corrected chi connectivity index (χ4v) is 1.75. The Morgan fingerprint density at radius 2 is 1.79 bits per heavy atom. The molecule has 0 bridgehead atoms. The van der Waals surface area contributed by atoms with E-state index in [4.69, 9.17) is 9.47 Å². The van der Waals surface area contributed by atoms with Crippen LogP contribution in [0.4, 0.5) is 0 Å². The predicted octanol–water partition coefficient (Wildman–Crippen LogP) is 3.26. The summed E-state index contributed by atoms with van der Waals surface area (Å²) in [5.41, 5.74) is 1.94. The largest absolute Gasteiger partial charge is 0.379 e. The standard InChI is InChI=1S/C16H24O3/c1-4-10-18-11-12-19-13(3)16(17)15-8-6-14(5-2)7-9-15/h6-9,13H,4-5,10-12H2,1-3H3. The van der Waals surface area contributed by atoms with E-state index >= 15 is 0 Å². The number of hydrogen-bond donors (Lipinski definition) is 0. The molecule has 106 valence electrons. The third-order valence-electron chi connectivity index (χ3n) is 2.96. The Hall–Kier alpha value is -1.19. The van der Waals surface area contributed by atoms with Crippen LogP contribution in [0.25, 0.3) is 0 Å². The Balaban J connectivity index is 2.38. The Morgan fingerprint density at radius 1 is 1.11 bits per heavy atom. The maximum atomic E-state index is 12.1. The second-order valence-corrected chi connectivity index (χ2v) is 4.54.